The molecule has 0 saturated heterocycles. The zero-order valence-electron chi connectivity index (χ0n) is 16.4. The minimum atomic E-state index is 0. The largest absolute Gasteiger partial charge is 0.380 e. The van der Waals surface area contributed by atoms with Crippen LogP contribution in [0.15, 0.2) is 36.5 Å². The fraction of sp³-hybridized carbons (Fsp3) is 0.409. The van der Waals surface area contributed by atoms with Gasteiger partial charge in [-0.05, 0) is 49.9 Å². The summed E-state index contributed by atoms with van der Waals surface area (Å²) in [5.41, 5.74) is 6.79. The molecule has 0 fully saturated rings. The van der Waals surface area contributed by atoms with Crippen molar-refractivity contribution < 1.29 is 4.74 Å². The van der Waals surface area contributed by atoms with Crippen LogP contribution in [0.25, 0.3) is 10.9 Å². The fourth-order valence-electron chi connectivity index (χ4n) is 4.06. The highest BCUT2D eigenvalue weighted by atomic mass is 35.5. The second-order valence-corrected chi connectivity index (χ2v) is 7.03. The number of anilines is 1. The lowest BCUT2D eigenvalue weighted by atomic mass is 10.00. The van der Waals surface area contributed by atoms with Crippen LogP contribution in [0.1, 0.15) is 29.3 Å². The molecule has 1 aromatic carbocycles. The molecule has 2 aromatic heterocycles. The second kappa shape index (κ2) is 8.32. The van der Waals surface area contributed by atoms with E-state index in [9.17, 15) is 0 Å². The van der Waals surface area contributed by atoms with Crippen molar-refractivity contribution >= 4 is 29.1 Å². The zero-order valence-corrected chi connectivity index (χ0v) is 17.2. The Kier molecular flexibility index (Phi) is 6.08. The monoisotopic (exact) mass is 385 g/mol. The van der Waals surface area contributed by atoms with Crippen LogP contribution in [0.4, 0.5) is 5.82 Å². The number of hydrogen-bond donors (Lipinski definition) is 0. The molecule has 0 N–H and O–H groups in total. The molecule has 0 saturated carbocycles. The Morgan fingerprint density at radius 3 is 2.67 bits per heavy atom. The number of halogens is 1. The third kappa shape index (κ3) is 3.56. The molecular weight excluding hydrogens is 358 g/mol. The molecule has 0 aliphatic carbocycles. The van der Waals surface area contributed by atoms with Crippen molar-refractivity contribution in [2.45, 2.75) is 40.3 Å². The Balaban J connectivity index is 0.00000210. The topological polar surface area (TPSA) is 30.3 Å². The van der Waals surface area contributed by atoms with Crippen molar-refractivity contribution in [1.29, 1.82) is 0 Å². The molecule has 144 valence electrons. The number of aromatic nitrogens is 2. The summed E-state index contributed by atoms with van der Waals surface area (Å²) in [6.45, 7) is 10.8. The van der Waals surface area contributed by atoms with Gasteiger partial charge in [0.15, 0.2) is 5.82 Å². The van der Waals surface area contributed by atoms with E-state index in [0.29, 0.717) is 0 Å². The Morgan fingerprint density at radius 2 is 1.89 bits per heavy atom. The number of ether oxygens (including phenoxy) is 1. The summed E-state index contributed by atoms with van der Waals surface area (Å²) in [5, 5.41) is 1.31. The van der Waals surface area contributed by atoms with Crippen LogP contribution in [0, 0.1) is 13.8 Å². The standard InChI is InChI=1S/C22H27N3O.ClH/c1-4-26-14-13-25-17(3)16(2)20-9-11-23-22(21(20)25)24-12-10-18-7-5-6-8-19(18)15-24;/h5-9,11H,4,10,12-15H2,1-3H3;1H. The van der Waals surface area contributed by atoms with E-state index >= 15 is 0 Å². The Hall–Kier alpha value is -2.04. The van der Waals surface area contributed by atoms with E-state index in [1.807, 2.05) is 13.1 Å². The third-order valence-corrected chi connectivity index (χ3v) is 5.62. The van der Waals surface area contributed by atoms with Crippen LogP contribution in [0.2, 0.25) is 0 Å². The summed E-state index contributed by atoms with van der Waals surface area (Å²) in [4.78, 5) is 7.24. The molecule has 4 rings (SSSR count). The molecule has 0 bridgehead atoms. The number of pyridine rings is 1. The van der Waals surface area contributed by atoms with Gasteiger partial charge in [-0.1, -0.05) is 24.3 Å². The smallest absolute Gasteiger partial charge is 0.153 e. The first-order valence-electron chi connectivity index (χ1n) is 9.54. The van der Waals surface area contributed by atoms with Gasteiger partial charge in [-0.2, -0.15) is 0 Å². The van der Waals surface area contributed by atoms with Crippen LogP contribution < -0.4 is 4.90 Å². The van der Waals surface area contributed by atoms with E-state index in [0.717, 1.165) is 45.1 Å². The summed E-state index contributed by atoms with van der Waals surface area (Å²) < 4.78 is 8.02. The maximum atomic E-state index is 5.63. The molecule has 1 aliphatic heterocycles. The molecule has 0 radical (unpaired) electrons. The Labute approximate surface area is 167 Å². The molecule has 0 amide bonds. The first-order valence-corrected chi connectivity index (χ1v) is 9.54. The highest BCUT2D eigenvalue weighted by Gasteiger charge is 2.22. The maximum Gasteiger partial charge on any atom is 0.153 e. The zero-order chi connectivity index (χ0) is 18.1. The van der Waals surface area contributed by atoms with Gasteiger partial charge >= 0.3 is 0 Å². The average Bonchev–Trinajstić information content (AvgIpc) is 2.93. The van der Waals surface area contributed by atoms with E-state index in [1.165, 1.54) is 33.3 Å². The van der Waals surface area contributed by atoms with Crippen LogP contribution in [0.5, 0.6) is 0 Å². The lowest BCUT2D eigenvalue weighted by Crippen LogP contribution is -2.31. The molecule has 3 aromatic rings. The van der Waals surface area contributed by atoms with Crippen molar-refractivity contribution in [3.05, 3.63) is 58.9 Å². The number of rotatable bonds is 5. The van der Waals surface area contributed by atoms with E-state index in [4.69, 9.17) is 9.72 Å². The fourth-order valence-corrected chi connectivity index (χ4v) is 4.06. The first kappa shape index (κ1) is 19.7. The molecule has 0 spiro atoms. The predicted molar refractivity (Wildman–Crippen MR) is 114 cm³/mol. The van der Waals surface area contributed by atoms with Crippen LogP contribution >= 0.6 is 12.4 Å². The number of nitrogens with zero attached hydrogens (tertiary/aromatic N) is 3. The highest BCUT2D eigenvalue weighted by molar-refractivity contribution is 5.93. The first-order chi connectivity index (χ1) is 12.7. The minimum Gasteiger partial charge on any atom is -0.380 e. The molecule has 1 aliphatic rings. The van der Waals surface area contributed by atoms with E-state index in [1.54, 1.807) is 0 Å². The number of hydrogen-bond acceptors (Lipinski definition) is 3. The lowest BCUT2D eigenvalue weighted by molar-refractivity contribution is 0.139. The van der Waals surface area contributed by atoms with Gasteiger partial charge in [-0.3, -0.25) is 0 Å². The molecule has 0 unspecified atom stereocenters. The van der Waals surface area contributed by atoms with Gasteiger partial charge in [-0.15, -0.1) is 12.4 Å². The van der Waals surface area contributed by atoms with Gasteiger partial charge in [0.25, 0.3) is 0 Å². The molecule has 0 atom stereocenters. The van der Waals surface area contributed by atoms with Gasteiger partial charge in [0.1, 0.15) is 0 Å². The normalized spacial score (nSPS) is 13.5. The van der Waals surface area contributed by atoms with Crippen molar-refractivity contribution in [2.75, 3.05) is 24.7 Å². The van der Waals surface area contributed by atoms with Crippen molar-refractivity contribution in [2.24, 2.45) is 0 Å². The summed E-state index contributed by atoms with van der Waals surface area (Å²) in [7, 11) is 0. The van der Waals surface area contributed by atoms with E-state index in [-0.39, 0.29) is 12.4 Å². The van der Waals surface area contributed by atoms with Gasteiger partial charge in [-0.25, -0.2) is 4.98 Å². The number of aryl methyl sites for hydroxylation is 1. The SMILES string of the molecule is CCOCCn1c(C)c(C)c2ccnc(N3CCc4ccccc4C3)c21.Cl. The lowest BCUT2D eigenvalue weighted by Gasteiger charge is -2.30. The Morgan fingerprint density at radius 1 is 1.11 bits per heavy atom. The van der Waals surface area contributed by atoms with Crippen LogP contribution in [-0.4, -0.2) is 29.3 Å². The van der Waals surface area contributed by atoms with Gasteiger partial charge < -0.3 is 14.2 Å². The van der Waals surface area contributed by atoms with E-state index < -0.39 is 0 Å². The quantitative estimate of drug-likeness (QED) is 0.597. The molecular formula is C22H28ClN3O. The molecule has 4 nitrogen and oxygen atoms in total. The summed E-state index contributed by atoms with van der Waals surface area (Å²) in [6, 6.07) is 10.9. The van der Waals surface area contributed by atoms with Crippen molar-refractivity contribution in [3.8, 4) is 0 Å². The predicted octanol–water partition coefficient (Wildman–Crippen LogP) is 4.67. The second-order valence-electron chi connectivity index (χ2n) is 7.03. The molecule has 3 heterocycles. The number of fused-ring (bicyclic) bond motifs is 2. The van der Waals surface area contributed by atoms with Gasteiger partial charge in [0.2, 0.25) is 0 Å². The highest BCUT2D eigenvalue weighted by Crippen LogP contribution is 2.33. The number of benzene rings is 1. The summed E-state index contributed by atoms with van der Waals surface area (Å²) in [5.74, 6) is 1.10. The summed E-state index contributed by atoms with van der Waals surface area (Å²) >= 11 is 0. The summed E-state index contributed by atoms with van der Waals surface area (Å²) in [6.07, 6.45) is 3.03. The van der Waals surface area contributed by atoms with Gasteiger partial charge in [0.05, 0.1) is 12.1 Å². The van der Waals surface area contributed by atoms with Crippen molar-refractivity contribution in [1.82, 2.24) is 9.55 Å². The Bertz CT molecular complexity index is 935. The third-order valence-electron chi connectivity index (χ3n) is 5.62. The van der Waals surface area contributed by atoms with E-state index in [2.05, 4.69) is 53.6 Å². The molecule has 5 heteroatoms. The van der Waals surface area contributed by atoms with Crippen LogP contribution in [0.3, 0.4) is 0 Å². The maximum absolute atomic E-state index is 5.63. The van der Waals surface area contributed by atoms with Gasteiger partial charge in [0, 0.05) is 43.5 Å². The average molecular weight is 386 g/mol. The van der Waals surface area contributed by atoms with Crippen molar-refractivity contribution in [3.63, 3.8) is 0 Å². The van der Waals surface area contributed by atoms with Crippen LogP contribution in [-0.2, 0) is 24.2 Å². The minimum absolute atomic E-state index is 0. The molecule has 27 heavy (non-hydrogen) atoms.